The first-order valence-corrected chi connectivity index (χ1v) is 5.86. The van der Waals surface area contributed by atoms with E-state index >= 15 is 0 Å². The van der Waals surface area contributed by atoms with E-state index in [-0.39, 0.29) is 5.82 Å². The molecule has 0 saturated carbocycles. The minimum atomic E-state index is -0.0944. The molecule has 1 aliphatic carbocycles. The van der Waals surface area contributed by atoms with E-state index in [1.807, 2.05) is 6.07 Å². The predicted octanol–water partition coefficient (Wildman–Crippen LogP) is 2.81. The molecule has 1 saturated heterocycles. The van der Waals surface area contributed by atoms with Crippen LogP contribution in [0.4, 0.5) is 4.39 Å². The van der Waals surface area contributed by atoms with Gasteiger partial charge in [0.2, 0.25) is 0 Å². The number of benzene rings is 1. The van der Waals surface area contributed by atoms with Gasteiger partial charge in [0.05, 0.1) is 0 Å². The summed E-state index contributed by atoms with van der Waals surface area (Å²) in [6.07, 6.45) is 4.89. The van der Waals surface area contributed by atoms with Gasteiger partial charge in [-0.15, -0.1) is 0 Å². The first-order chi connectivity index (χ1) is 7.34. The van der Waals surface area contributed by atoms with Gasteiger partial charge in [-0.2, -0.15) is 0 Å². The molecule has 0 radical (unpaired) electrons. The van der Waals surface area contributed by atoms with E-state index in [9.17, 15) is 4.39 Å². The molecule has 15 heavy (non-hydrogen) atoms. The van der Waals surface area contributed by atoms with Crippen molar-refractivity contribution >= 4 is 0 Å². The van der Waals surface area contributed by atoms with Crippen LogP contribution >= 0.6 is 0 Å². The summed E-state index contributed by atoms with van der Waals surface area (Å²) >= 11 is 0. The Morgan fingerprint density at radius 3 is 3.13 bits per heavy atom. The van der Waals surface area contributed by atoms with E-state index in [1.165, 1.54) is 30.4 Å². The third-order valence-corrected chi connectivity index (χ3v) is 3.81. The molecule has 1 aromatic carbocycles. The standard InChI is InChI=1S/C13H16FN/c14-11-5-6-12-10(8-11)4-3-9-2-1-7-15-13(9)12/h5-6,8-9,13,15H,1-4,7H2. The van der Waals surface area contributed by atoms with Crippen LogP contribution in [0.3, 0.4) is 0 Å². The first kappa shape index (κ1) is 9.34. The monoisotopic (exact) mass is 205 g/mol. The molecule has 0 spiro atoms. The third kappa shape index (κ3) is 1.57. The fraction of sp³-hybridized carbons (Fsp3) is 0.538. The number of fused-ring (bicyclic) bond motifs is 3. The van der Waals surface area contributed by atoms with Gasteiger partial charge in [-0.25, -0.2) is 4.39 Å². The number of hydrogen-bond donors (Lipinski definition) is 1. The first-order valence-electron chi connectivity index (χ1n) is 5.86. The molecule has 2 atom stereocenters. The molecule has 1 aromatic rings. The van der Waals surface area contributed by atoms with E-state index in [4.69, 9.17) is 0 Å². The summed E-state index contributed by atoms with van der Waals surface area (Å²) in [4.78, 5) is 0. The highest BCUT2D eigenvalue weighted by atomic mass is 19.1. The summed E-state index contributed by atoms with van der Waals surface area (Å²) < 4.78 is 13.1. The van der Waals surface area contributed by atoms with Gasteiger partial charge in [0.15, 0.2) is 0 Å². The molecule has 2 unspecified atom stereocenters. The molecule has 0 amide bonds. The van der Waals surface area contributed by atoms with Gasteiger partial charge in [0, 0.05) is 6.04 Å². The fourth-order valence-electron chi connectivity index (χ4n) is 3.07. The number of rotatable bonds is 0. The van der Waals surface area contributed by atoms with Gasteiger partial charge in [-0.3, -0.25) is 0 Å². The van der Waals surface area contributed by atoms with Crippen LogP contribution in [0.15, 0.2) is 18.2 Å². The van der Waals surface area contributed by atoms with Crippen molar-refractivity contribution in [3.8, 4) is 0 Å². The topological polar surface area (TPSA) is 12.0 Å². The van der Waals surface area contributed by atoms with Crippen molar-refractivity contribution in [1.82, 2.24) is 5.32 Å². The minimum Gasteiger partial charge on any atom is -0.310 e. The Labute approximate surface area is 89.7 Å². The molecule has 1 aliphatic heterocycles. The van der Waals surface area contributed by atoms with Crippen molar-refractivity contribution < 1.29 is 4.39 Å². The summed E-state index contributed by atoms with van der Waals surface area (Å²) in [6, 6.07) is 5.77. The van der Waals surface area contributed by atoms with Gasteiger partial charge in [-0.1, -0.05) is 6.07 Å². The minimum absolute atomic E-state index is 0.0944. The average Bonchev–Trinajstić information content (AvgIpc) is 2.28. The molecule has 1 nitrogen and oxygen atoms in total. The SMILES string of the molecule is Fc1ccc2c(c1)CCC1CCCNC21. The molecule has 2 aliphatic rings. The Hall–Kier alpha value is -0.890. The Morgan fingerprint density at radius 1 is 1.27 bits per heavy atom. The second-order valence-electron chi connectivity index (χ2n) is 4.72. The summed E-state index contributed by atoms with van der Waals surface area (Å²) in [5, 5.41) is 3.57. The van der Waals surface area contributed by atoms with E-state index in [1.54, 1.807) is 12.1 Å². The Bertz CT molecular complexity index is 375. The lowest BCUT2D eigenvalue weighted by Gasteiger charge is -2.38. The zero-order chi connectivity index (χ0) is 10.3. The van der Waals surface area contributed by atoms with Crippen LogP contribution in [0.2, 0.25) is 0 Å². The van der Waals surface area contributed by atoms with Crippen LogP contribution in [0, 0.1) is 11.7 Å². The van der Waals surface area contributed by atoms with Crippen molar-refractivity contribution in [1.29, 1.82) is 0 Å². The predicted molar refractivity (Wildman–Crippen MR) is 58.2 cm³/mol. The number of nitrogens with one attached hydrogen (secondary N) is 1. The lowest BCUT2D eigenvalue weighted by Crippen LogP contribution is -2.37. The third-order valence-electron chi connectivity index (χ3n) is 3.81. The van der Waals surface area contributed by atoms with Gasteiger partial charge in [0.25, 0.3) is 0 Å². The second kappa shape index (κ2) is 3.60. The number of piperidine rings is 1. The maximum atomic E-state index is 13.1. The molecular weight excluding hydrogens is 189 g/mol. The summed E-state index contributed by atoms with van der Waals surface area (Å²) in [5.74, 6) is 0.680. The zero-order valence-corrected chi connectivity index (χ0v) is 8.80. The number of aryl methyl sites for hydroxylation is 1. The Kier molecular flexibility index (Phi) is 2.24. The smallest absolute Gasteiger partial charge is 0.123 e. The molecule has 1 heterocycles. The molecule has 3 rings (SSSR count). The summed E-state index contributed by atoms with van der Waals surface area (Å²) in [5.41, 5.74) is 2.55. The summed E-state index contributed by atoms with van der Waals surface area (Å²) in [6.45, 7) is 1.11. The molecular formula is C13H16FN. The van der Waals surface area contributed by atoms with E-state index in [0.717, 1.165) is 18.9 Å². The molecule has 0 bridgehead atoms. The lowest BCUT2D eigenvalue weighted by molar-refractivity contribution is 0.254. The van der Waals surface area contributed by atoms with Crippen LogP contribution < -0.4 is 5.32 Å². The van der Waals surface area contributed by atoms with Crippen LogP contribution in [0.5, 0.6) is 0 Å². The van der Waals surface area contributed by atoms with E-state index in [0.29, 0.717) is 6.04 Å². The van der Waals surface area contributed by atoms with Gasteiger partial charge in [-0.05, 0) is 61.4 Å². The van der Waals surface area contributed by atoms with Crippen molar-refractivity contribution in [2.75, 3.05) is 6.54 Å². The fourth-order valence-corrected chi connectivity index (χ4v) is 3.07. The van der Waals surface area contributed by atoms with E-state index < -0.39 is 0 Å². The van der Waals surface area contributed by atoms with Crippen molar-refractivity contribution in [3.63, 3.8) is 0 Å². The van der Waals surface area contributed by atoms with Crippen molar-refractivity contribution in [3.05, 3.63) is 35.1 Å². The van der Waals surface area contributed by atoms with Crippen LogP contribution in [0.25, 0.3) is 0 Å². The second-order valence-corrected chi connectivity index (χ2v) is 4.72. The molecule has 1 N–H and O–H groups in total. The van der Waals surface area contributed by atoms with Gasteiger partial charge >= 0.3 is 0 Å². The van der Waals surface area contributed by atoms with Crippen molar-refractivity contribution in [2.24, 2.45) is 5.92 Å². The van der Waals surface area contributed by atoms with Crippen LogP contribution in [-0.2, 0) is 6.42 Å². The Morgan fingerprint density at radius 2 is 2.20 bits per heavy atom. The average molecular weight is 205 g/mol. The number of halogens is 1. The molecule has 0 aromatic heterocycles. The molecule has 2 heteroatoms. The highest BCUT2D eigenvalue weighted by molar-refractivity contribution is 5.34. The molecule has 1 fully saturated rings. The maximum absolute atomic E-state index is 13.1. The number of hydrogen-bond acceptors (Lipinski definition) is 1. The maximum Gasteiger partial charge on any atom is 0.123 e. The lowest BCUT2D eigenvalue weighted by atomic mass is 9.76. The Balaban J connectivity index is 1.99. The van der Waals surface area contributed by atoms with E-state index in [2.05, 4.69) is 5.32 Å². The van der Waals surface area contributed by atoms with Crippen LogP contribution in [0.1, 0.15) is 36.4 Å². The van der Waals surface area contributed by atoms with Crippen LogP contribution in [-0.4, -0.2) is 6.54 Å². The van der Waals surface area contributed by atoms with Gasteiger partial charge < -0.3 is 5.32 Å². The zero-order valence-electron chi connectivity index (χ0n) is 8.80. The normalized spacial score (nSPS) is 29.4. The molecule has 80 valence electrons. The largest absolute Gasteiger partial charge is 0.310 e. The quantitative estimate of drug-likeness (QED) is 0.686. The highest BCUT2D eigenvalue weighted by Crippen LogP contribution is 2.38. The van der Waals surface area contributed by atoms with Gasteiger partial charge in [0.1, 0.15) is 5.82 Å². The highest BCUT2D eigenvalue weighted by Gasteiger charge is 2.31. The van der Waals surface area contributed by atoms with Crippen molar-refractivity contribution in [2.45, 2.75) is 31.7 Å². The summed E-state index contributed by atoms with van der Waals surface area (Å²) in [7, 11) is 0.